The highest BCUT2D eigenvalue weighted by molar-refractivity contribution is 5.94. The van der Waals surface area contributed by atoms with Crippen molar-refractivity contribution in [3.63, 3.8) is 0 Å². The molecule has 3 aromatic carbocycles. The second-order valence-corrected chi connectivity index (χ2v) is 6.91. The maximum atomic E-state index is 12.6. The van der Waals surface area contributed by atoms with E-state index in [1.807, 2.05) is 30.3 Å². The Bertz CT molecular complexity index is 1050. The molecule has 1 amide bonds. The molecule has 0 aliphatic heterocycles. The Balaban J connectivity index is 1.56. The van der Waals surface area contributed by atoms with Gasteiger partial charge in [0.15, 0.2) is 17.6 Å². The molecule has 0 spiro atoms. The van der Waals surface area contributed by atoms with Gasteiger partial charge in [-0.1, -0.05) is 30.3 Å². The molecule has 7 nitrogen and oxygen atoms in total. The third-order valence-corrected chi connectivity index (χ3v) is 4.63. The van der Waals surface area contributed by atoms with Crippen LogP contribution in [0.3, 0.4) is 0 Å². The topological polar surface area (TPSA) is 83.1 Å². The Morgan fingerprint density at radius 2 is 1.62 bits per heavy atom. The lowest BCUT2D eigenvalue weighted by molar-refractivity contribution is -0.122. The van der Waals surface area contributed by atoms with Crippen molar-refractivity contribution in [3.8, 4) is 17.2 Å². The monoisotopic (exact) mass is 435 g/mol. The van der Waals surface area contributed by atoms with E-state index < -0.39 is 12.1 Å². The largest absolute Gasteiger partial charge is 0.493 e. The number of hydrogen-bond donors (Lipinski definition) is 1. The van der Waals surface area contributed by atoms with Gasteiger partial charge in [-0.2, -0.15) is 0 Å². The summed E-state index contributed by atoms with van der Waals surface area (Å²) in [5.41, 5.74) is 2.01. The number of anilines is 1. The van der Waals surface area contributed by atoms with Gasteiger partial charge in [0.05, 0.1) is 19.8 Å². The smallest absolute Gasteiger partial charge is 0.337 e. The Morgan fingerprint density at radius 3 is 2.28 bits per heavy atom. The van der Waals surface area contributed by atoms with Gasteiger partial charge in [-0.25, -0.2) is 4.79 Å². The molecule has 3 aromatic rings. The fraction of sp³-hybridized carbons (Fsp3) is 0.200. The van der Waals surface area contributed by atoms with Crippen LogP contribution in [-0.4, -0.2) is 32.2 Å². The lowest BCUT2D eigenvalue weighted by atomic mass is 10.2. The van der Waals surface area contributed by atoms with Crippen molar-refractivity contribution in [1.82, 2.24) is 0 Å². The number of carbonyl (C=O) groups is 2. The fourth-order valence-electron chi connectivity index (χ4n) is 2.87. The standard InChI is InChI=1S/C25H25NO6/c1-17(32-22-14-9-19(25(28)30-3)15-23(22)29-2)24(27)26-20-10-12-21(13-11-20)31-16-18-7-5-4-6-8-18/h4-15,17H,16H2,1-3H3,(H,26,27). The number of nitrogens with one attached hydrogen (secondary N) is 1. The number of benzene rings is 3. The molecule has 0 aliphatic carbocycles. The summed E-state index contributed by atoms with van der Waals surface area (Å²) in [5, 5.41) is 2.80. The molecule has 0 aliphatic rings. The molecule has 0 aromatic heterocycles. The molecule has 32 heavy (non-hydrogen) atoms. The van der Waals surface area contributed by atoms with E-state index >= 15 is 0 Å². The summed E-state index contributed by atoms with van der Waals surface area (Å²) in [6.07, 6.45) is -0.804. The minimum atomic E-state index is -0.804. The van der Waals surface area contributed by atoms with E-state index in [0.29, 0.717) is 35.1 Å². The number of carbonyl (C=O) groups excluding carboxylic acids is 2. The minimum Gasteiger partial charge on any atom is -0.493 e. The van der Waals surface area contributed by atoms with Crippen LogP contribution in [0.1, 0.15) is 22.8 Å². The van der Waals surface area contributed by atoms with Crippen LogP contribution in [0.15, 0.2) is 72.8 Å². The molecule has 1 atom stereocenters. The van der Waals surface area contributed by atoms with Crippen molar-refractivity contribution in [2.45, 2.75) is 19.6 Å². The first-order chi connectivity index (χ1) is 15.5. The molecular formula is C25H25NO6. The van der Waals surface area contributed by atoms with Crippen molar-refractivity contribution >= 4 is 17.6 Å². The predicted octanol–water partition coefficient (Wildman–Crippen LogP) is 4.47. The average molecular weight is 435 g/mol. The molecular weight excluding hydrogens is 410 g/mol. The molecule has 3 rings (SSSR count). The molecule has 0 heterocycles. The van der Waals surface area contributed by atoms with Gasteiger partial charge in [-0.05, 0) is 55.0 Å². The molecule has 166 valence electrons. The summed E-state index contributed by atoms with van der Waals surface area (Å²) in [6.45, 7) is 2.09. The first-order valence-electron chi connectivity index (χ1n) is 10.0. The van der Waals surface area contributed by atoms with Crippen molar-refractivity contribution in [3.05, 3.63) is 83.9 Å². The van der Waals surface area contributed by atoms with Crippen molar-refractivity contribution < 1.29 is 28.5 Å². The molecule has 0 bridgehead atoms. The van der Waals surface area contributed by atoms with Gasteiger partial charge in [0.1, 0.15) is 12.4 Å². The second-order valence-electron chi connectivity index (χ2n) is 6.91. The van der Waals surface area contributed by atoms with Gasteiger partial charge >= 0.3 is 5.97 Å². The van der Waals surface area contributed by atoms with Crippen LogP contribution < -0.4 is 19.5 Å². The van der Waals surface area contributed by atoms with Crippen LogP contribution in [0, 0.1) is 0 Å². The zero-order valence-corrected chi connectivity index (χ0v) is 18.2. The number of ether oxygens (including phenoxy) is 4. The fourth-order valence-corrected chi connectivity index (χ4v) is 2.87. The summed E-state index contributed by atoms with van der Waals surface area (Å²) in [5.74, 6) is 0.547. The second kappa shape index (κ2) is 10.9. The molecule has 0 fully saturated rings. The van der Waals surface area contributed by atoms with E-state index in [4.69, 9.17) is 18.9 Å². The van der Waals surface area contributed by atoms with E-state index in [1.165, 1.54) is 20.3 Å². The summed E-state index contributed by atoms with van der Waals surface area (Å²) in [6, 6.07) is 21.6. The maximum Gasteiger partial charge on any atom is 0.337 e. The zero-order valence-electron chi connectivity index (χ0n) is 18.2. The van der Waals surface area contributed by atoms with Gasteiger partial charge in [0, 0.05) is 5.69 Å². The number of amides is 1. The van der Waals surface area contributed by atoms with Gasteiger partial charge in [-0.3, -0.25) is 4.79 Å². The van der Waals surface area contributed by atoms with Gasteiger partial charge in [0.2, 0.25) is 0 Å². The lowest BCUT2D eigenvalue weighted by Crippen LogP contribution is -2.30. The van der Waals surface area contributed by atoms with E-state index in [1.54, 1.807) is 43.3 Å². The highest BCUT2D eigenvalue weighted by Gasteiger charge is 2.18. The summed E-state index contributed by atoms with van der Waals surface area (Å²) in [7, 11) is 2.75. The SMILES string of the molecule is COC(=O)c1ccc(OC(C)C(=O)Nc2ccc(OCc3ccccc3)cc2)c(OC)c1. The van der Waals surface area contributed by atoms with E-state index in [-0.39, 0.29) is 5.91 Å². The van der Waals surface area contributed by atoms with Crippen LogP contribution in [0.25, 0.3) is 0 Å². The van der Waals surface area contributed by atoms with Crippen molar-refractivity contribution in [2.24, 2.45) is 0 Å². The van der Waals surface area contributed by atoms with Crippen molar-refractivity contribution in [1.29, 1.82) is 0 Å². The molecule has 0 saturated carbocycles. The van der Waals surface area contributed by atoms with E-state index in [9.17, 15) is 9.59 Å². The number of esters is 1. The van der Waals surface area contributed by atoms with Gasteiger partial charge in [-0.15, -0.1) is 0 Å². The average Bonchev–Trinajstić information content (AvgIpc) is 2.83. The van der Waals surface area contributed by atoms with Gasteiger partial charge < -0.3 is 24.3 Å². The summed E-state index contributed by atoms with van der Waals surface area (Å²) >= 11 is 0. The number of methoxy groups -OCH3 is 2. The van der Waals surface area contributed by atoms with Crippen LogP contribution >= 0.6 is 0 Å². The summed E-state index contributed by atoms with van der Waals surface area (Å²) in [4.78, 5) is 24.2. The Labute approximate surface area is 186 Å². The molecule has 1 N–H and O–H groups in total. The van der Waals surface area contributed by atoms with Crippen LogP contribution in [0.2, 0.25) is 0 Å². The molecule has 7 heteroatoms. The predicted molar refractivity (Wildman–Crippen MR) is 120 cm³/mol. The van der Waals surface area contributed by atoms with Crippen LogP contribution in [0.4, 0.5) is 5.69 Å². The van der Waals surface area contributed by atoms with Crippen LogP contribution in [0.5, 0.6) is 17.2 Å². The zero-order chi connectivity index (χ0) is 22.9. The number of hydrogen-bond acceptors (Lipinski definition) is 6. The van der Waals surface area contributed by atoms with Gasteiger partial charge in [0.25, 0.3) is 5.91 Å². The Hall–Kier alpha value is -4.00. The maximum absolute atomic E-state index is 12.6. The highest BCUT2D eigenvalue weighted by Crippen LogP contribution is 2.29. The summed E-state index contributed by atoms with van der Waals surface area (Å²) < 4.78 is 21.5. The lowest BCUT2D eigenvalue weighted by Gasteiger charge is -2.17. The highest BCUT2D eigenvalue weighted by atomic mass is 16.5. The van der Waals surface area contributed by atoms with Crippen molar-refractivity contribution in [2.75, 3.05) is 19.5 Å². The quantitative estimate of drug-likeness (QED) is 0.500. The first kappa shape index (κ1) is 22.7. The Morgan fingerprint density at radius 1 is 0.906 bits per heavy atom. The molecule has 0 radical (unpaired) electrons. The van der Waals surface area contributed by atoms with E-state index in [0.717, 1.165) is 5.56 Å². The third-order valence-electron chi connectivity index (χ3n) is 4.63. The third kappa shape index (κ3) is 6.01. The van der Waals surface area contributed by atoms with E-state index in [2.05, 4.69) is 5.32 Å². The first-order valence-corrected chi connectivity index (χ1v) is 10.0. The number of rotatable bonds is 9. The molecule has 0 saturated heterocycles. The molecule has 1 unspecified atom stereocenters. The Kier molecular flexibility index (Phi) is 7.70. The minimum absolute atomic E-state index is 0.323. The van der Waals surface area contributed by atoms with Crippen LogP contribution in [-0.2, 0) is 16.1 Å². The normalized spacial score (nSPS) is 11.2.